The maximum Gasteiger partial charge on any atom is 0.307 e. The van der Waals surface area contributed by atoms with Crippen molar-refractivity contribution < 1.29 is 9.90 Å². The summed E-state index contributed by atoms with van der Waals surface area (Å²) in [5, 5.41) is 17.3. The number of carboxylic acid groups (broad SMARTS) is 1. The molecule has 0 atom stereocenters. The Morgan fingerprint density at radius 3 is 2.57 bits per heavy atom. The summed E-state index contributed by atoms with van der Waals surface area (Å²) in [5.74, 6) is -0.901. The molecule has 1 rings (SSSR count). The van der Waals surface area contributed by atoms with E-state index in [4.69, 9.17) is 10.4 Å². The van der Waals surface area contributed by atoms with Crippen molar-refractivity contribution in [2.45, 2.75) is 6.42 Å². The first kappa shape index (κ1) is 11.2. The largest absolute Gasteiger partial charge is 0.481 e. The van der Waals surface area contributed by atoms with Crippen molar-refractivity contribution in [3.63, 3.8) is 0 Å². The fourth-order valence-electron chi connectivity index (χ4n) is 0.975. The van der Waals surface area contributed by atoms with Crippen LogP contribution in [0.2, 0.25) is 0 Å². The Bertz CT molecular complexity index is 424. The van der Waals surface area contributed by atoms with E-state index in [1.54, 1.807) is 12.1 Å². The maximum atomic E-state index is 10.5. The third-order valence-electron chi connectivity index (χ3n) is 1.62. The highest BCUT2D eigenvalue weighted by Crippen LogP contribution is 2.30. The zero-order chi connectivity index (χ0) is 10.7. The van der Waals surface area contributed by atoms with Gasteiger partial charge in [0.2, 0.25) is 0 Å². The lowest BCUT2D eigenvalue weighted by Gasteiger charge is -2.04. The van der Waals surface area contributed by atoms with Gasteiger partial charge in [-0.1, -0.05) is 6.07 Å². The van der Waals surface area contributed by atoms with Crippen LogP contribution in [0.25, 0.3) is 0 Å². The Morgan fingerprint density at radius 1 is 1.43 bits per heavy atom. The molecule has 0 fully saturated rings. The van der Waals surface area contributed by atoms with E-state index >= 15 is 0 Å². The molecule has 0 radical (unpaired) electrons. The van der Waals surface area contributed by atoms with Crippen LogP contribution < -0.4 is 0 Å². The molecule has 72 valence electrons. The maximum absolute atomic E-state index is 10.5. The molecule has 0 aliphatic rings. The molecule has 0 unspecified atom stereocenters. The summed E-state index contributed by atoms with van der Waals surface area (Å²) >= 11 is 6.46. The average molecular weight is 319 g/mol. The first-order valence-electron chi connectivity index (χ1n) is 3.65. The fraction of sp³-hybridized carbons (Fsp3) is 0.111. The van der Waals surface area contributed by atoms with E-state index in [1.807, 2.05) is 6.07 Å². The minimum absolute atomic E-state index is 0.0646. The van der Waals surface area contributed by atoms with E-state index in [0.29, 0.717) is 20.1 Å². The van der Waals surface area contributed by atoms with Crippen LogP contribution in [0.1, 0.15) is 11.1 Å². The Balaban J connectivity index is 3.18. The highest BCUT2D eigenvalue weighted by Gasteiger charge is 2.10. The van der Waals surface area contributed by atoms with Crippen molar-refractivity contribution in [3.8, 4) is 6.07 Å². The number of rotatable bonds is 2. The third-order valence-corrected chi connectivity index (χ3v) is 3.89. The van der Waals surface area contributed by atoms with Crippen molar-refractivity contribution in [1.82, 2.24) is 0 Å². The van der Waals surface area contributed by atoms with Crippen LogP contribution in [0.3, 0.4) is 0 Å². The second kappa shape index (κ2) is 4.58. The van der Waals surface area contributed by atoms with Crippen LogP contribution in [0.5, 0.6) is 0 Å². The van der Waals surface area contributed by atoms with Crippen molar-refractivity contribution in [2.24, 2.45) is 0 Å². The van der Waals surface area contributed by atoms with Gasteiger partial charge < -0.3 is 5.11 Å². The predicted octanol–water partition coefficient (Wildman–Crippen LogP) is 2.71. The monoisotopic (exact) mass is 317 g/mol. The molecule has 0 heterocycles. The van der Waals surface area contributed by atoms with Crippen molar-refractivity contribution >= 4 is 37.8 Å². The Kier molecular flexibility index (Phi) is 3.67. The molecule has 0 bridgehead atoms. The summed E-state index contributed by atoms with van der Waals surface area (Å²) in [6.07, 6.45) is -0.0646. The van der Waals surface area contributed by atoms with Crippen molar-refractivity contribution in [1.29, 1.82) is 5.26 Å². The van der Waals surface area contributed by atoms with Gasteiger partial charge in [0.15, 0.2) is 0 Å². The van der Waals surface area contributed by atoms with Crippen LogP contribution in [0.15, 0.2) is 21.1 Å². The van der Waals surface area contributed by atoms with E-state index in [1.165, 1.54) is 0 Å². The Labute approximate surface area is 97.6 Å². The highest BCUT2D eigenvalue weighted by molar-refractivity contribution is 9.13. The standard InChI is InChI=1S/C9H5Br2NO2/c10-8-5(3-7(13)14)1-2-6(4-12)9(8)11/h1-2H,3H2,(H,13,14). The number of carboxylic acids is 1. The van der Waals surface area contributed by atoms with Crippen LogP contribution in [0, 0.1) is 11.3 Å². The molecule has 1 aromatic carbocycles. The van der Waals surface area contributed by atoms with Crippen LogP contribution in [-0.4, -0.2) is 11.1 Å². The van der Waals surface area contributed by atoms with E-state index in [9.17, 15) is 4.79 Å². The number of halogens is 2. The summed E-state index contributed by atoms with van der Waals surface area (Å²) in [4.78, 5) is 10.5. The van der Waals surface area contributed by atoms with Crippen molar-refractivity contribution in [2.75, 3.05) is 0 Å². The predicted molar refractivity (Wildman–Crippen MR) is 57.9 cm³/mol. The molecule has 5 heteroatoms. The molecule has 0 saturated carbocycles. The van der Waals surface area contributed by atoms with Gasteiger partial charge in [0.25, 0.3) is 0 Å². The third kappa shape index (κ3) is 2.34. The van der Waals surface area contributed by atoms with E-state index < -0.39 is 5.97 Å². The topological polar surface area (TPSA) is 61.1 Å². The number of aliphatic carboxylic acids is 1. The lowest BCUT2D eigenvalue weighted by Crippen LogP contribution is -2.01. The number of benzene rings is 1. The molecule has 1 N–H and O–H groups in total. The molecule has 0 aliphatic heterocycles. The zero-order valence-corrected chi connectivity index (χ0v) is 10.1. The summed E-state index contributed by atoms with van der Waals surface area (Å²) in [6.45, 7) is 0. The van der Waals surface area contributed by atoms with Crippen LogP contribution in [0.4, 0.5) is 0 Å². The SMILES string of the molecule is N#Cc1ccc(CC(=O)O)c(Br)c1Br. The highest BCUT2D eigenvalue weighted by atomic mass is 79.9. The second-order valence-corrected chi connectivity index (χ2v) is 4.17. The Morgan fingerprint density at radius 2 is 2.07 bits per heavy atom. The van der Waals surface area contributed by atoms with Gasteiger partial charge in [0.05, 0.1) is 12.0 Å². The molecular formula is C9H5Br2NO2. The molecular weight excluding hydrogens is 314 g/mol. The molecule has 0 aliphatic carbocycles. The van der Waals surface area contributed by atoms with Crippen LogP contribution >= 0.6 is 31.9 Å². The zero-order valence-electron chi connectivity index (χ0n) is 6.92. The summed E-state index contributed by atoms with van der Waals surface area (Å²) < 4.78 is 1.22. The van der Waals surface area contributed by atoms with Gasteiger partial charge in [-0.3, -0.25) is 4.79 Å². The molecule has 0 aromatic heterocycles. The molecule has 0 spiro atoms. The number of nitriles is 1. The van der Waals surface area contributed by atoms with E-state index in [0.717, 1.165) is 0 Å². The van der Waals surface area contributed by atoms with E-state index in [-0.39, 0.29) is 6.42 Å². The fourth-order valence-corrected chi connectivity index (χ4v) is 1.94. The summed E-state index contributed by atoms with van der Waals surface area (Å²) in [5.41, 5.74) is 1.12. The minimum atomic E-state index is -0.901. The molecule has 1 aromatic rings. The normalized spacial score (nSPS) is 9.50. The van der Waals surface area contributed by atoms with Gasteiger partial charge in [-0.2, -0.15) is 5.26 Å². The molecule has 3 nitrogen and oxygen atoms in total. The van der Waals surface area contributed by atoms with Gasteiger partial charge >= 0.3 is 5.97 Å². The quantitative estimate of drug-likeness (QED) is 0.912. The van der Waals surface area contributed by atoms with Gasteiger partial charge in [-0.15, -0.1) is 0 Å². The number of hydrogen-bond donors (Lipinski definition) is 1. The van der Waals surface area contributed by atoms with Gasteiger partial charge in [0.1, 0.15) is 6.07 Å². The minimum Gasteiger partial charge on any atom is -0.481 e. The smallest absolute Gasteiger partial charge is 0.307 e. The number of nitrogens with zero attached hydrogens (tertiary/aromatic N) is 1. The van der Waals surface area contributed by atoms with Gasteiger partial charge in [-0.05, 0) is 43.5 Å². The first-order valence-corrected chi connectivity index (χ1v) is 5.23. The van der Waals surface area contributed by atoms with Gasteiger partial charge in [-0.25, -0.2) is 0 Å². The first-order chi connectivity index (χ1) is 6.56. The van der Waals surface area contributed by atoms with Gasteiger partial charge in [0, 0.05) is 8.95 Å². The summed E-state index contributed by atoms with van der Waals surface area (Å²) in [7, 11) is 0. The second-order valence-electron chi connectivity index (χ2n) is 2.58. The molecule has 14 heavy (non-hydrogen) atoms. The lowest BCUT2D eigenvalue weighted by atomic mass is 10.1. The number of hydrogen-bond acceptors (Lipinski definition) is 2. The molecule has 0 saturated heterocycles. The lowest BCUT2D eigenvalue weighted by molar-refractivity contribution is -0.136. The average Bonchev–Trinajstić information content (AvgIpc) is 2.13. The van der Waals surface area contributed by atoms with E-state index in [2.05, 4.69) is 31.9 Å². The summed E-state index contributed by atoms with van der Waals surface area (Å²) in [6, 6.07) is 5.21. The van der Waals surface area contributed by atoms with Crippen LogP contribution in [-0.2, 0) is 11.2 Å². The van der Waals surface area contributed by atoms with Crippen molar-refractivity contribution in [3.05, 3.63) is 32.2 Å². The number of carbonyl (C=O) groups is 1. The Hall–Kier alpha value is -0.860. The molecule has 0 amide bonds.